The van der Waals surface area contributed by atoms with Crippen molar-refractivity contribution in [3.8, 4) is 0 Å². The summed E-state index contributed by atoms with van der Waals surface area (Å²) in [7, 11) is 0. The lowest BCUT2D eigenvalue weighted by molar-refractivity contribution is -0.143. The maximum absolute atomic E-state index is 12.5. The Bertz CT molecular complexity index is 1300. The molecule has 0 aromatic carbocycles. The highest BCUT2D eigenvalue weighted by atomic mass is 16.5. The van der Waals surface area contributed by atoms with Gasteiger partial charge in [0.25, 0.3) is 0 Å². The molecule has 0 aromatic heterocycles. The largest absolute Gasteiger partial charge is 0.466 e. The molecule has 0 aliphatic rings. The van der Waals surface area contributed by atoms with Gasteiger partial charge in [-0.25, -0.2) is 0 Å². The zero-order valence-corrected chi connectivity index (χ0v) is 54.1. The predicted octanol–water partition coefficient (Wildman–Crippen LogP) is 23.5. The van der Waals surface area contributed by atoms with Gasteiger partial charge in [-0.2, -0.15) is 0 Å². The third-order valence-electron chi connectivity index (χ3n) is 16.9. The first-order chi connectivity index (χ1) is 39.5. The zero-order chi connectivity index (χ0) is 57.8. The van der Waals surface area contributed by atoms with Crippen LogP contribution in [0.3, 0.4) is 0 Å². The molecule has 472 valence electrons. The van der Waals surface area contributed by atoms with Gasteiger partial charge < -0.3 is 20.3 Å². The fourth-order valence-corrected chi connectivity index (χ4v) is 11.4. The zero-order valence-electron chi connectivity index (χ0n) is 54.1. The number of rotatable bonds is 68. The number of esters is 1. The fourth-order valence-electron chi connectivity index (χ4n) is 11.4. The summed E-state index contributed by atoms with van der Waals surface area (Å²) < 4.78 is 5.48. The van der Waals surface area contributed by atoms with Crippen molar-refractivity contribution in [2.24, 2.45) is 0 Å². The Morgan fingerprint density at radius 2 is 0.637 bits per heavy atom. The molecular weight excluding hydrogens is 983 g/mol. The molecule has 0 saturated heterocycles. The lowest BCUT2D eigenvalue weighted by Gasteiger charge is -2.22. The second-order valence-corrected chi connectivity index (χ2v) is 24.9. The number of hydrogen-bond donors (Lipinski definition) is 3. The normalized spacial score (nSPS) is 12.7. The van der Waals surface area contributed by atoms with Gasteiger partial charge in [-0.3, -0.25) is 9.59 Å². The minimum Gasteiger partial charge on any atom is -0.466 e. The molecular formula is C74H141NO5. The molecule has 0 aromatic rings. The molecule has 0 bridgehead atoms. The number of carbonyl (C=O) groups excluding carboxylic acids is 2. The highest BCUT2D eigenvalue weighted by molar-refractivity contribution is 5.76. The number of aliphatic hydroxyl groups excluding tert-OH is 2. The van der Waals surface area contributed by atoms with E-state index in [4.69, 9.17) is 4.74 Å². The smallest absolute Gasteiger partial charge is 0.305 e. The summed E-state index contributed by atoms with van der Waals surface area (Å²) in [6.45, 7) is 4.94. The number of hydrogen-bond acceptors (Lipinski definition) is 5. The first-order valence-corrected chi connectivity index (χ1v) is 36.2. The van der Waals surface area contributed by atoms with Gasteiger partial charge in [0.05, 0.1) is 25.4 Å². The van der Waals surface area contributed by atoms with E-state index in [0.717, 1.165) is 51.4 Å². The van der Waals surface area contributed by atoms with Crippen LogP contribution in [0, 0.1) is 0 Å². The number of carbonyl (C=O) groups is 2. The van der Waals surface area contributed by atoms with Crippen molar-refractivity contribution in [3.05, 3.63) is 36.5 Å². The highest BCUT2D eigenvalue weighted by Crippen LogP contribution is 2.19. The van der Waals surface area contributed by atoms with Crippen LogP contribution in [0.15, 0.2) is 36.5 Å². The quantitative estimate of drug-likeness (QED) is 0.0320. The minimum absolute atomic E-state index is 0.00287. The minimum atomic E-state index is -0.664. The first-order valence-electron chi connectivity index (χ1n) is 36.2. The molecule has 0 spiro atoms. The summed E-state index contributed by atoms with van der Waals surface area (Å²) in [6, 6.07) is -0.541. The van der Waals surface area contributed by atoms with Gasteiger partial charge in [0.15, 0.2) is 0 Å². The molecule has 0 rings (SSSR count). The van der Waals surface area contributed by atoms with E-state index >= 15 is 0 Å². The van der Waals surface area contributed by atoms with Crippen LogP contribution in [0.1, 0.15) is 399 Å². The fraction of sp³-hybridized carbons (Fsp3) is 0.892. The van der Waals surface area contributed by atoms with Crippen LogP contribution in [0.25, 0.3) is 0 Å². The lowest BCUT2D eigenvalue weighted by atomic mass is 10.0. The lowest BCUT2D eigenvalue weighted by Crippen LogP contribution is -2.45. The average molecular weight is 1120 g/mol. The summed E-state index contributed by atoms with van der Waals surface area (Å²) in [5, 5.41) is 23.4. The van der Waals surface area contributed by atoms with Crippen molar-refractivity contribution in [1.29, 1.82) is 0 Å². The topological polar surface area (TPSA) is 95.9 Å². The van der Waals surface area contributed by atoms with Gasteiger partial charge in [0.2, 0.25) is 5.91 Å². The first kappa shape index (κ1) is 78.1. The van der Waals surface area contributed by atoms with Crippen LogP contribution in [0.5, 0.6) is 0 Å². The van der Waals surface area contributed by atoms with Crippen molar-refractivity contribution in [2.75, 3.05) is 13.2 Å². The maximum Gasteiger partial charge on any atom is 0.305 e. The van der Waals surface area contributed by atoms with E-state index in [1.165, 1.54) is 315 Å². The van der Waals surface area contributed by atoms with Crippen molar-refractivity contribution in [2.45, 2.75) is 411 Å². The standard InChI is InChI=1S/C74H141NO5/c1-3-5-7-9-11-13-15-17-19-20-33-36-39-42-46-50-54-58-62-66-72(77)71(70-76)75-73(78)67-63-59-55-51-47-43-40-37-34-31-29-27-25-23-21-22-24-26-28-30-32-35-38-41-45-49-53-57-61-65-69-80-74(79)68-64-60-56-52-48-44-18-16-14-12-10-8-6-4-2/h10,12,16,18,22,24,71-72,76-77H,3-9,11,13-15,17,19-21,23,25-70H2,1-2H3,(H,75,78)/b12-10-,18-16-,24-22-. The Labute approximate surface area is 500 Å². The van der Waals surface area contributed by atoms with Crippen LogP contribution < -0.4 is 5.32 Å². The van der Waals surface area contributed by atoms with Crippen LogP contribution in [-0.4, -0.2) is 47.4 Å². The molecule has 2 atom stereocenters. The monoisotopic (exact) mass is 1120 g/mol. The average Bonchev–Trinajstić information content (AvgIpc) is 3.46. The number of ether oxygens (including phenoxy) is 1. The van der Waals surface area contributed by atoms with Crippen LogP contribution >= 0.6 is 0 Å². The Balaban J connectivity index is 3.37. The number of unbranched alkanes of at least 4 members (excludes halogenated alkanes) is 51. The number of aliphatic hydroxyl groups is 2. The summed E-state index contributed by atoms with van der Waals surface area (Å²) in [5.74, 6) is -0.0268. The molecule has 0 fully saturated rings. The Morgan fingerprint density at radius 3 is 1.00 bits per heavy atom. The molecule has 0 aliphatic heterocycles. The van der Waals surface area contributed by atoms with E-state index in [1.807, 2.05) is 0 Å². The predicted molar refractivity (Wildman–Crippen MR) is 352 cm³/mol. The molecule has 1 amide bonds. The van der Waals surface area contributed by atoms with E-state index < -0.39 is 12.1 Å². The second-order valence-electron chi connectivity index (χ2n) is 24.9. The van der Waals surface area contributed by atoms with Crippen molar-refractivity contribution in [3.63, 3.8) is 0 Å². The van der Waals surface area contributed by atoms with E-state index in [2.05, 4.69) is 55.6 Å². The Morgan fingerprint density at radius 1 is 0.350 bits per heavy atom. The van der Waals surface area contributed by atoms with Gasteiger partial charge in [0, 0.05) is 12.8 Å². The van der Waals surface area contributed by atoms with Gasteiger partial charge >= 0.3 is 5.97 Å². The van der Waals surface area contributed by atoms with Crippen molar-refractivity contribution in [1.82, 2.24) is 5.32 Å². The van der Waals surface area contributed by atoms with Crippen LogP contribution in [-0.2, 0) is 14.3 Å². The molecule has 0 saturated carbocycles. The molecule has 6 nitrogen and oxygen atoms in total. The number of allylic oxidation sites excluding steroid dienone is 6. The molecule has 6 heteroatoms. The summed E-state index contributed by atoms with van der Waals surface area (Å²) in [6.07, 6.45) is 89.1. The SMILES string of the molecule is CCCC/C=C\C/C=C\CCCCCCCC(=O)OCCCCCCCCCCCCCC/C=C\CCCCCCCCCCCCCCCCC(=O)NC(CO)C(O)CCCCCCCCCCCCCCCCCCCCC. The maximum atomic E-state index is 12.5. The summed E-state index contributed by atoms with van der Waals surface area (Å²) in [5.41, 5.74) is 0. The van der Waals surface area contributed by atoms with E-state index in [0.29, 0.717) is 25.9 Å². The van der Waals surface area contributed by atoms with Crippen LogP contribution in [0.2, 0.25) is 0 Å². The van der Waals surface area contributed by atoms with E-state index in [9.17, 15) is 19.8 Å². The summed E-state index contributed by atoms with van der Waals surface area (Å²) in [4.78, 5) is 24.6. The number of amides is 1. The van der Waals surface area contributed by atoms with Crippen LogP contribution in [0.4, 0.5) is 0 Å². The summed E-state index contributed by atoms with van der Waals surface area (Å²) >= 11 is 0. The molecule has 3 N–H and O–H groups in total. The highest BCUT2D eigenvalue weighted by Gasteiger charge is 2.20. The van der Waals surface area contributed by atoms with Gasteiger partial charge in [-0.15, -0.1) is 0 Å². The third kappa shape index (κ3) is 65.2. The molecule has 0 heterocycles. The van der Waals surface area contributed by atoms with Gasteiger partial charge in [-0.05, 0) is 77.0 Å². The molecule has 0 radical (unpaired) electrons. The van der Waals surface area contributed by atoms with E-state index in [1.54, 1.807) is 0 Å². The Kier molecular flexibility index (Phi) is 67.9. The van der Waals surface area contributed by atoms with Crippen molar-refractivity contribution < 1.29 is 24.5 Å². The Hall–Kier alpha value is -1.92. The third-order valence-corrected chi connectivity index (χ3v) is 16.9. The molecule has 80 heavy (non-hydrogen) atoms. The van der Waals surface area contributed by atoms with E-state index in [-0.39, 0.29) is 18.5 Å². The molecule has 2 unspecified atom stereocenters. The van der Waals surface area contributed by atoms with Gasteiger partial charge in [0.1, 0.15) is 0 Å². The number of nitrogens with one attached hydrogen (secondary N) is 1. The molecule has 0 aliphatic carbocycles. The van der Waals surface area contributed by atoms with Crippen molar-refractivity contribution >= 4 is 11.9 Å². The van der Waals surface area contributed by atoms with Gasteiger partial charge in [-0.1, -0.05) is 346 Å². The second kappa shape index (κ2) is 69.6.